The van der Waals surface area contributed by atoms with Crippen molar-refractivity contribution in [1.29, 1.82) is 0 Å². The van der Waals surface area contributed by atoms with Gasteiger partial charge in [-0.15, -0.1) is 0 Å². The minimum atomic E-state index is 0. The van der Waals surface area contributed by atoms with Crippen LogP contribution in [0.15, 0.2) is 0 Å². The monoisotopic (exact) mass is 269 g/mol. The van der Waals surface area contributed by atoms with Crippen LogP contribution in [0.25, 0.3) is 0 Å². The van der Waals surface area contributed by atoms with Crippen LogP contribution in [0.5, 0.6) is 0 Å². The Balaban J connectivity index is 0.000001000. The van der Waals surface area contributed by atoms with Crippen molar-refractivity contribution in [2.45, 2.75) is 39.2 Å². The van der Waals surface area contributed by atoms with Crippen molar-refractivity contribution < 1.29 is 28.5 Å². The Morgan fingerprint density at radius 1 is 1.36 bits per heavy atom. The molecule has 2 unspecified atom stereocenters. The minimum absolute atomic E-state index is 0. The lowest BCUT2D eigenvalue weighted by molar-refractivity contribution is -0.934. The summed E-state index contributed by atoms with van der Waals surface area (Å²) in [5.74, 6) is 0. The molecule has 0 aromatic carbocycles. The quantitative estimate of drug-likeness (QED) is 0.424. The Labute approximate surface area is 87.8 Å². The SMILES string of the molecule is CC[N+]1(C)CCCCC1C.[I-]. The Morgan fingerprint density at radius 2 is 2.00 bits per heavy atom. The molecule has 0 aliphatic carbocycles. The normalized spacial score (nSPS) is 37.9. The molecule has 2 atom stereocenters. The van der Waals surface area contributed by atoms with Crippen LogP contribution in [0.1, 0.15) is 33.1 Å². The largest absolute Gasteiger partial charge is 1.00 e. The maximum atomic E-state index is 2.39. The summed E-state index contributed by atoms with van der Waals surface area (Å²) in [4.78, 5) is 0. The van der Waals surface area contributed by atoms with E-state index in [0.29, 0.717) is 0 Å². The van der Waals surface area contributed by atoms with Gasteiger partial charge in [0, 0.05) is 0 Å². The molecule has 0 bridgehead atoms. The van der Waals surface area contributed by atoms with Gasteiger partial charge in [-0.25, -0.2) is 0 Å². The van der Waals surface area contributed by atoms with Gasteiger partial charge in [0.05, 0.1) is 26.2 Å². The third-order valence-electron chi connectivity index (χ3n) is 3.33. The fourth-order valence-corrected chi connectivity index (χ4v) is 1.91. The standard InChI is InChI=1S/C9H20N.HI/c1-4-10(3)8-6-5-7-9(10)2;/h9H,4-8H2,1-3H3;1H/q+1;/p-1. The summed E-state index contributed by atoms with van der Waals surface area (Å²) in [5, 5.41) is 0. The number of nitrogens with zero attached hydrogens (tertiary/aromatic N) is 1. The van der Waals surface area contributed by atoms with Crippen LogP contribution in [0.4, 0.5) is 0 Å². The van der Waals surface area contributed by atoms with Gasteiger partial charge in [-0.3, -0.25) is 0 Å². The van der Waals surface area contributed by atoms with Crippen LogP contribution in [-0.4, -0.2) is 30.7 Å². The molecule has 1 rings (SSSR count). The van der Waals surface area contributed by atoms with E-state index in [4.69, 9.17) is 0 Å². The third kappa shape index (κ3) is 2.58. The second kappa shape index (κ2) is 4.65. The highest BCUT2D eigenvalue weighted by atomic mass is 127. The molecule has 1 aliphatic heterocycles. The van der Waals surface area contributed by atoms with E-state index in [0.717, 1.165) is 6.04 Å². The first-order chi connectivity index (χ1) is 4.69. The van der Waals surface area contributed by atoms with Crippen LogP contribution >= 0.6 is 0 Å². The molecule has 0 saturated carbocycles. The van der Waals surface area contributed by atoms with Gasteiger partial charge in [0.1, 0.15) is 0 Å². The number of quaternary nitrogens is 1. The number of halogens is 1. The molecule has 0 amide bonds. The number of hydrogen-bond acceptors (Lipinski definition) is 0. The highest BCUT2D eigenvalue weighted by Gasteiger charge is 2.29. The van der Waals surface area contributed by atoms with Crippen molar-refractivity contribution in [2.24, 2.45) is 0 Å². The lowest BCUT2D eigenvalue weighted by atomic mass is 10.0. The van der Waals surface area contributed by atoms with Crippen LogP contribution in [0.3, 0.4) is 0 Å². The van der Waals surface area contributed by atoms with Crippen molar-refractivity contribution in [1.82, 2.24) is 0 Å². The van der Waals surface area contributed by atoms with Gasteiger partial charge in [-0.05, 0) is 33.1 Å². The molecule has 0 aromatic heterocycles. The molecular formula is C9H20IN. The third-order valence-corrected chi connectivity index (χ3v) is 3.33. The molecule has 0 aromatic rings. The zero-order chi connectivity index (χ0) is 7.61. The molecule has 1 heterocycles. The highest BCUT2D eigenvalue weighted by molar-refractivity contribution is 4.59. The number of rotatable bonds is 1. The van der Waals surface area contributed by atoms with Gasteiger partial charge in [0.15, 0.2) is 0 Å². The highest BCUT2D eigenvalue weighted by Crippen LogP contribution is 2.22. The maximum Gasteiger partial charge on any atom is 0.0859 e. The second-order valence-electron chi connectivity index (χ2n) is 3.86. The molecule has 0 radical (unpaired) electrons. The van der Waals surface area contributed by atoms with E-state index in [9.17, 15) is 0 Å². The first-order valence-electron chi connectivity index (χ1n) is 4.53. The molecule has 0 N–H and O–H groups in total. The lowest BCUT2D eigenvalue weighted by Gasteiger charge is -2.42. The maximum absolute atomic E-state index is 2.39. The van der Waals surface area contributed by atoms with E-state index in [2.05, 4.69) is 20.9 Å². The summed E-state index contributed by atoms with van der Waals surface area (Å²) in [7, 11) is 2.39. The van der Waals surface area contributed by atoms with E-state index in [-0.39, 0.29) is 24.0 Å². The lowest BCUT2D eigenvalue weighted by Crippen LogP contribution is -3.00. The van der Waals surface area contributed by atoms with Gasteiger partial charge in [-0.1, -0.05) is 0 Å². The molecular weight excluding hydrogens is 249 g/mol. The van der Waals surface area contributed by atoms with E-state index < -0.39 is 0 Å². The topological polar surface area (TPSA) is 0 Å². The van der Waals surface area contributed by atoms with Gasteiger partial charge < -0.3 is 28.5 Å². The molecule has 1 nitrogen and oxygen atoms in total. The van der Waals surface area contributed by atoms with Crippen LogP contribution < -0.4 is 24.0 Å². The molecule has 68 valence electrons. The molecule has 0 spiro atoms. The summed E-state index contributed by atoms with van der Waals surface area (Å²) in [6, 6.07) is 0.902. The van der Waals surface area contributed by atoms with Crippen LogP contribution in [-0.2, 0) is 0 Å². The predicted octanol–water partition coefficient (Wildman–Crippen LogP) is -0.971. The number of likely N-dealkylation sites (tertiary alicyclic amines) is 1. The van der Waals surface area contributed by atoms with Gasteiger partial charge in [-0.2, -0.15) is 0 Å². The van der Waals surface area contributed by atoms with E-state index in [1.807, 2.05) is 0 Å². The zero-order valence-corrected chi connectivity index (χ0v) is 10.1. The Kier molecular flexibility index (Phi) is 4.94. The van der Waals surface area contributed by atoms with Crippen molar-refractivity contribution in [3.8, 4) is 0 Å². The van der Waals surface area contributed by atoms with Gasteiger partial charge in [0.2, 0.25) is 0 Å². The Hall–Kier alpha value is 0.690. The van der Waals surface area contributed by atoms with E-state index in [1.54, 1.807) is 0 Å². The summed E-state index contributed by atoms with van der Waals surface area (Å²) >= 11 is 0. The molecule has 2 heteroatoms. The summed E-state index contributed by atoms with van der Waals surface area (Å²) in [6.45, 7) is 7.41. The van der Waals surface area contributed by atoms with Crippen molar-refractivity contribution >= 4 is 0 Å². The van der Waals surface area contributed by atoms with Crippen LogP contribution in [0.2, 0.25) is 0 Å². The van der Waals surface area contributed by atoms with Crippen molar-refractivity contribution in [2.75, 3.05) is 20.1 Å². The Bertz CT molecular complexity index is 116. The summed E-state index contributed by atoms with van der Waals surface area (Å²) in [6.07, 6.45) is 4.33. The van der Waals surface area contributed by atoms with Gasteiger partial charge in [0.25, 0.3) is 0 Å². The minimum Gasteiger partial charge on any atom is -1.00 e. The molecule has 11 heavy (non-hydrogen) atoms. The predicted molar refractivity (Wildman–Crippen MR) is 44.9 cm³/mol. The fraction of sp³-hybridized carbons (Fsp3) is 1.00. The Morgan fingerprint density at radius 3 is 2.36 bits per heavy atom. The average molecular weight is 269 g/mol. The second-order valence-corrected chi connectivity index (χ2v) is 3.86. The van der Waals surface area contributed by atoms with Crippen LogP contribution in [0, 0.1) is 0 Å². The summed E-state index contributed by atoms with van der Waals surface area (Å²) < 4.78 is 1.31. The summed E-state index contributed by atoms with van der Waals surface area (Å²) in [5.41, 5.74) is 0. The number of hydrogen-bond donors (Lipinski definition) is 0. The molecule has 1 saturated heterocycles. The van der Waals surface area contributed by atoms with E-state index >= 15 is 0 Å². The smallest absolute Gasteiger partial charge is 0.0859 e. The van der Waals surface area contributed by atoms with Gasteiger partial charge >= 0.3 is 0 Å². The zero-order valence-electron chi connectivity index (χ0n) is 7.94. The number of piperidine rings is 1. The molecule has 1 aliphatic rings. The van der Waals surface area contributed by atoms with Crippen molar-refractivity contribution in [3.05, 3.63) is 0 Å². The van der Waals surface area contributed by atoms with Crippen molar-refractivity contribution in [3.63, 3.8) is 0 Å². The molecule has 1 fully saturated rings. The first-order valence-corrected chi connectivity index (χ1v) is 4.53. The first kappa shape index (κ1) is 11.7. The fourth-order valence-electron chi connectivity index (χ4n) is 1.91. The average Bonchev–Trinajstić information content (AvgIpc) is 1.96. The van der Waals surface area contributed by atoms with E-state index in [1.165, 1.54) is 36.8 Å².